The van der Waals surface area contributed by atoms with Crippen LogP contribution in [0.15, 0.2) is 10.7 Å². The standard InChI is InChI=1S/C15H29BrN4O/c1-6-7-17-14(11-21-12(2)3)15-13(16)10-18-20(15)9-8-19(4)5/h10,12,14,17H,6-9,11H2,1-5H3. The molecule has 0 saturated carbocycles. The zero-order valence-electron chi connectivity index (χ0n) is 13.9. The van der Waals surface area contributed by atoms with Crippen LogP contribution in [0.1, 0.15) is 38.9 Å². The van der Waals surface area contributed by atoms with Gasteiger partial charge in [0.2, 0.25) is 0 Å². The van der Waals surface area contributed by atoms with Crippen LogP contribution in [0.2, 0.25) is 0 Å². The number of likely N-dealkylation sites (N-methyl/N-ethyl adjacent to an activating group) is 1. The second kappa shape index (κ2) is 9.56. The first-order valence-corrected chi connectivity index (χ1v) is 8.45. The molecular weight excluding hydrogens is 332 g/mol. The van der Waals surface area contributed by atoms with Crippen LogP contribution in [0.3, 0.4) is 0 Å². The molecule has 1 atom stereocenters. The number of hydrogen-bond donors (Lipinski definition) is 1. The third-order valence-electron chi connectivity index (χ3n) is 3.16. The van der Waals surface area contributed by atoms with Gasteiger partial charge in [-0.2, -0.15) is 5.10 Å². The molecule has 0 aliphatic carbocycles. The molecule has 21 heavy (non-hydrogen) atoms. The lowest BCUT2D eigenvalue weighted by Crippen LogP contribution is -2.31. The molecule has 1 N–H and O–H groups in total. The Morgan fingerprint density at radius 3 is 2.71 bits per heavy atom. The summed E-state index contributed by atoms with van der Waals surface area (Å²) in [6.07, 6.45) is 3.20. The molecule has 0 saturated heterocycles. The van der Waals surface area contributed by atoms with E-state index in [1.807, 2.05) is 6.20 Å². The Labute approximate surface area is 137 Å². The van der Waals surface area contributed by atoms with E-state index in [4.69, 9.17) is 4.74 Å². The summed E-state index contributed by atoms with van der Waals surface area (Å²) in [7, 11) is 4.15. The minimum Gasteiger partial charge on any atom is -0.377 e. The first kappa shape index (κ1) is 18.6. The van der Waals surface area contributed by atoms with Crippen LogP contribution in [-0.2, 0) is 11.3 Å². The fourth-order valence-corrected chi connectivity index (χ4v) is 2.61. The minimum atomic E-state index is 0.159. The summed E-state index contributed by atoms with van der Waals surface area (Å²) in [6.45, 7) is 9.77. The fraction of sp³-hybridized carbons (Fsp3) is 0.800. The van der Waals surface area contributed by atoms with E-state index in [2.05, 4.69) is 70.8 Å². The van der Waals surface area contributed by atoms with Crippen molar-refractivity contribution in [1.82, 2.24) is 20.0 Å². The molecule has 6 heteroatoms. The first-order valence-electron chi connectivity index (χ1n) is 7.66. The summed E-state index contributed by atoms with van der Waals surface area (Å²) < 4.78 is 8.94. The Balaban J connectivity index is 2.85. The van der Waals surface area contributed by atoms with Gasteiger partial charge in [0.05, 0.1) is 41.7 Å². The van der Waals surface area contributed by atoms with E-state index in [1.165, 1.54) is 5.69 Å². The number of hydrogen-bond acceptors (Lipinski definition) is 4. The van der Waals surface area contributed by atoms with Gasteiger partial charge < -0.3 is 15.0 Å². The van der Waals surface area contributed by atoms with Crippen molar-refractivity contribution in [1.29, 1.82) is 0 Å². The molecule has 0 aliphatic heterocycles. The average molecular weight is 361 g/mol. The van der Waals surface area contributed by atoms with Crippen molar-refractivity contribution in [2.45, 2.75) is 45.9 Å². The third kappa shape index (κ3) is 6.46. The summed E-state index contributed by atoms with van der Waals surface area (Å²) in [5.74, 6) is 0. The van der Waals surface area contributed by atoms with E-state index in [-0.39, 0.29) is 12.1 Å². The Kier molecular flexibility index (Phi) is 8.48. The molecular formula is C15H29BrN4O. The minimum absolute atomic E-state index is 0.159. The lowest BCUT2D eigenvalue weighted by Gasteiger charge is -2.22. The lowest BCUT2D eigenvalue weighted by atomic mass is 10.2. The Morgan fingerprint density at radius 1 is 1.43 bits per heavy atom. The summed E-state index contributed by atoms with van der Waals surface area (Å²) in [5.41, 5.74) is 1.17. The molecule has 0 spiro atoms. The van der Waals surface area contributed by atoms with Gasteiger partial charge in [0.15, 0.2) is 0 Å². The van der Waals surface area contributed by atoms with Crippen LogP contribution in [0.5, 0.6) is 0 Å². The maximum atomic E-state index is 5.83. The number of ether oxygens (including phenoxy) is 1. The quantitative estimate of drug-likeness (QED) is 0.696. The van der Waals surface area contributed by atoms with Gasteiger partial charge in [-0.15, -0.1) is 0 Å². The van der Waals surface area contributed by atoms with Crippen LogP contribution in [0.25, 0.3) is 0 Å². The number of halogens is 1. The topological polar surface area (TPSA) is 42.3 Å². The van der Waals surface area contributed by atoms with Gasteiger partial charge >= 0.3 is 0 Å². The zero-order valence-corrected chi connectivity index (χ0v) is 15.5. The van der Waals surface area contributed by atoms with E-state index >= 15 is 0 Å². The highest BCUT2D eigenvalue weighted by Gasteiger charge is 2.20. The molecule has 122 valence electrons. The normalized spacial score (nSPS) is 13.3. The van der Waals surface area contributed by atoms with Crippen LogP contribution in [-0.4, -0.2) is 54.6 Å². The second-order valence-electron chi connectivity index (χ2n) is 5.79. The lowest BCUT2D eigenvalue weighted by molar-refractivity contribution is 0.0591. The molecule has 1 heterocycles. The smallest absolute Gasteiger partial charge is 0.0741 e. The van der Waals surface area contributed by atoms with E-state index in [1.54, 1.807) is 0 Å². The monoisotopic (exact) mass is 360 g/mol. The predicted octanol–water partition coefficient (Wildman–Crippen LogP) is 2.67. The van der Waals surface area contributed by atoms with E-state index < -0.39 is 0 Å². The van der Waals surface area contributed by atoms with Crippen molar-refractivity contribution in [3.8, 4) is 0 Å². The van der Waals surface area contributed by atoms with Gasteiger partial charge in [0, 0.05) is 6.54 Å². The molecule has 0 aliphatic rings. The third-order valence-corrected chi connectivity index (χ3v) is 3.77. The van der Waals surface area contributed by atoms with E-state index in [0.717, 1.165) is 30.5 Å². The van der Waals surface area contributed by atoms with E-state index in [9.17, 15) is 0 Å². The molecule has 1 unspecified atom stereocenters. The summed E-state index contributed by atoms with van der Waals surface area (Å²) >= 11 is 3.63. The van der Waals surface area contributed by atoms with Gasteiger partial charge in [-0.3, -0.25) is 4.68 Å². The molecule has 1 aromatic heterocycles. The zero-order chi connectivity index (χ0) is 15.8. The van der Waals surface area contributed by atoms with Gasteiger partial charge in [-0.1, -0.05) is 6.92 Å². The van der Waals surface area contributed by atoms with Crippen molar-refractivity contribution in [3.05, 3.63) is 16.4 Å². The predicted molar refractivity (Wildman–Crippen MR) is 90.6 cm³/mol. The van der Waals surface area contributed by atoms with Crippen molar-refractivity contribution < 1.29 is 4.74 Å². The number of nitrogens with one attached hydrogen (secondary N) is 1. The SMILES string of the molecule is CCCNC(COC(C)C)c1c(Br)cnn1CCN(C)C. The summed E-state index contributed by atoms with van der Waals surface area (Å²) in [4.78, 5) is 2.17. The number of nitrogens with zero attached hydrogens (tertiary/aromatic N) is 3. The van der Waals surface area contributed by atoms with Crippen molar-refractivity contribution >= 4 is 15.9 Å². The number of aromatic nitrogens is 2. The van der Waals surface area contributed by atoms with Crippen molar-refractivity contribution in [3.63, 3.8) is 0 Å². The number of rotatable bonds is 10. The first-order chi connectivity index (χ1) is 9.95. The van der Waals surface area contributed by atoms with Crippen LogP contribution in [0, 0.1) is 0 Å². The van der Waals surface area contributed by atoms with Gasteiger partial charge in [0.25, 0.3) is 0 Å². The maximum absolute atomic E-state index is 5.83. The van der Waals surface area contributed by atoms with Gasteiger partial charge in [-0.05, 0) is 56.8 Å². The molecule has 0 bridgehead atoms. The van der Waals surface area contributed by atoms with Gasteiger partial charge in [-0.25, -0.2) is 0 Å². The average Bonchev–Trinajstić information content (AvgIpc) is 2.78. The molecule has 5 nitrogen and oxygen atoms in total. The summed E-state index contributed by atoms with van der Waals surface area (Å²) in [5, 5.41) is 8.06. The molecule has 0 radical (unpaired) electrons. The molecule has 0 amide bonds. The van der Waals surface area contributed by atoms with Crippen molar-refractivity contribution in [2.75, 3.05) is 33.8 Å². The highest BCUT2D eigenvalue weighted by atomic mass is 79.9. The Morgan fingerprint density at radius 2 is 2.14 bits per heavy atom. The highest BCUT2D eigenvalue weighted by Crippen LogP contribution is 2.24. The second-order valence-corrected chi connectivity index (χ2v) is 6.65. The van der Waals surface area contributed by atoms with Crippen molar-refractivity contribution in [2.24, 2.45) is 0 Å². The van der Waals surface area contributed by atoms with Crippen LogP contribution < -0.4 is 5.32 Å². The largest absolute Gasteiger partial charge is 0.377 e. The maximum Gasteiger partial charge on any atom is 0.0741 e. The van der Waals surface area contributed by atoms with E-state index in [0.29, 0.717) is 6.61 Å². The molecule has 1 aromatic rings. The highest BCUT2D eigenvalue weighted by molar-refractivity contribution is 9.10. The molecule has 0 fully saturated rings. The molecule has 1 rings (SSSR count). The molecule has 0 aromatic carbocycles. The Bertz CT molecular complexity index is 406. The Hall–Kier alpha value is -0.430. The van der Waals surface area contributed by atoms with Gasteiger partial charge in [0.1, 0.15) is 0 Å². The summed E-state index contributed by atoms with van der Waals surface area (Å²) in [6, 6.07) is 0.159. The van der Waals surface area contributed by atoms with Crippen LogP contribution in [0.4, 0.5) is 0 Å². The fourth-order valence-electron chi connectivity index (χ4n) is 2.03. The van der Waals surface area contributed by atoms with Crippen LogP contribution >= 0.6 is 15.9 Å².